The highest BCUT2D eigenvalue weighted by Gasteiger charge is 2.28. The predicted octanol–water partition coefficient (Wildman–Crippen LogP) is 2.36. The highest BCUT2D eigenvalue weighted by molar-refractivity contribution is 7.90. The molecule has 0 saturated heterocycles. The highest BCUT2D eigenvalue weighted by Crippen LogP contribution is 2.32. The third kappa shape index (κ3) is 3.77. The zero-order valence-electron chi connectivity index (χ0n) is 14.6. The molecule has 1 atom stereocenters. The van der Waals surface area contributed by atoms with Crippen LogP contribution in [-0.4, -0.2) is 26.3 Å². The van der Waals surface area contributed by atoms with Crippen molar-refractivity contribution >= 4 is 27.5 Å². The average molecular weight is 392 g/mol. The standard InChI is InChI=1S/C18H17FN2O5S/c1-3-15-18(23)20-14-9-12(6-7-16(14)26-15)27(24,25)21-17(22)11-5-4-10(2)13(19)8-11/h4-9,15H,3H2,1-2H3,(H,20,23)(H,21,22)/t15-/m0/s1. The topological polar surface area (TPSA) is 102 Å². The number of benzene rings is 2. The summed E-state index contributed by atoms with van der Waals surface area (Å²) in [4.78, 5) is 23.8. The van der Waals surface area contributed by atoms with Crippen LogP contribution in [0.3, 0.4) is 0 Å². The van der Waals surface area contributed by atoms with Crippen LogP contribution in [0.15, 0.2) is 41.3 Å². The molecule has 27 heavy (non-hydrogen) atoms. The average Bonchev–Trinajstić information content (AvgIpc) is 2.62. The lowest BCUT2D eigenvalue weighted by atomic mass is 10.1. The van der Waals surface area contributed by atoms with Crippen molar-refractivity contribution in [3.05, 3.63) is 53.3 Å². The lowest BCUT2D eigenvalue weighted by Crippen LogP contribution is -2.36. The number of sulfonamides is 1. The second kappa shape index (κ2) is 6.99. The van der Waals surface area contributed by atoms with E-state index in [0.29, 0.717) is 17.7 Å². The summed E-state index contributed by atoms with van der Waals surface area (Å²) in [6.45, 7) is 3.32. The van der Waals surface area contributed by atoms with Crippen molar-refractivity contribution in [1.82, 2.24) is 4.72 Å². The third-order valence-electron chi connectivity index (χ3n) is 4.11. The van der Waals surface area contributed by atoms with Crippen LogP contribution >= 0.6 is 0 Å². The fourth-order valence-corrected chi connectivity index (χ4v) is 3.54. The molecule has 2 amide bonds. The molecule has 0 saturated carbocycles. The smallest absolute Gasteiger partial charge is 0.265 e. The van der Waals surface area contributed by atoms with Gasteiger partial charge >= 0.3 is 0 Å². The first kappa shape index (κ1) is 18.8. The van der Waals surface area contributed by atoms with E-state index in [9.17, 15) is 22.4 Å². The van der Waals surface area contributed by atoms with E-state index in [4.69, 9.17) is 4.74 Å². The van der Waals surface area contributed by atoms with Gasteiger partial charge in [0, 0.05) is 5.56 Å². The summed E-state index contributed by atoms with van der Waals surface area (Å²) in [5.74, 6) is -1.61. The van der Waals surface area contributed by atoms with Crippen LogP contribution < -0.4 is 14.8 Å². The van der Waals surface area contributed by atoms with Crippen LogP contribution in [-0.2, 0) is 14.8 Å². The van der Waals surface area contributed by atoms with E-state index >= 15 is 0 Å². The zero-order chi connectivity index (χ0) is 19.8. The third-order valence-corrected chi connectivity index (χ3v) is 5.44. The summed E-state index contributed by atoms with van der Waals surface area (Å²) in [5, 5.41) is 2.58. The molecule has 0 aromatic heterocycles. The Bertz CT molecular complexity index is 1040. The van der Waals surface area contributed by atoms with Gasteiger partial charge in [-0.25, -0.2) is 17.5 Å². The summed E-state index contributed by atoms with van der Waals surface area (Å²) in [6.07, 6.45) is -0.176. The molecule has 0 aliphatic carbocycles. The Hall–Kier alpha value is -2.94. The zero-order valence-corrected chi connectivity index (χ0v) is 15.4. The van der Waals surface area contributed by atoms with E-state index in [2.05, 4.69) is 5.32 Å². The fourth-order valence-electron chi connectivity index (χ4n) is 2.54. The van der Waals surface area contributed by atoms with Crippen LogP contribution in [0.25, 0.3) is 0 Å². The molecule has 0 spiro atoms. The van der Waals surface area contributed by atoms with Gasteiger partial charge in [0.2, 0.25) is 0 Å². The molecule has 9 heteroatoms. The van der Waals surface area contributed by atoms with Gasteiger partial charge in [0.05, 0.1) is 10.6 Å². The van der Waals surface area contributed by atoms with Gasteiger partial charge in [-0.15, -0.1) is 0 Å². The van der Waals surface area contributed by atoms with Crippen LogP contribution in [0.1, 0.15) is 29.3 Å². The second-order valence-electron chi connectivity index (χ2n) is 6.06. The molecule has 7 nitrogen and oxygen atoms in total. The molecule has 0 bridgehead atoms. The van der Waals surface area contributed by atoms with Crippen molar-refractivity contribution in [2.75, 3.05) is 5.32 Å². The largest absolute Gasteiger partial charge is 0.478 e. The molecule has 0 unspecified atom stereocenters. The molecule has 2 N–H and O–H groups in total. The van der Waals surface area contributed by atoms with Crippen molar-refractivity contribution in [1.29, 1.82) is 0 Å². The number of ether oxygens (including phenoxy) is 1. The van der Waals surface area contributed by atoms with Crippen LogP contribution in [0.4, 0.5) is 10.1 Å². The van der Waals surface area contributed by atoms with Crippen molar-refractivity contribution in [2.45, 2.75) is 31.3 Å². The molecule has 3 rings (SSSR count). The Kier molecular flexibility index (Phi) is 4.88. The molecule has 2 aromatic rings. The Morgan fingerprint density at radius 2 is 2.00 bits per heavy atom. The second-order valence-corrected chi connectivity index (χ2v) is 7.74. The van der Waals surface area contributed by atoms with Gasteiger partial charge in [-0.05, 0) is 49.2 Å². The number of halogens is 1. The molecular formula is C18H17FN2O5S. The number of carbonyl (C=O) groups excluding carboxylic acids is 2. The van der Waals surface area contributed by atoms with Gasteiger partial charge in [0.25, 0.3) is 21.8 Å². The van der Waals surface area contributed by atoms with Crippen LogP contribution in [0.2, 0.25) is 0 Å². The maximum atomic E-state index is 13.6. The number of carbonyl (C=O) groups is 2. The number of fused-ring (bicyclic) bond motifs is 1. The Balaban J connectivity index is 1.85. The molecule has 0 fully saturated rings. The summed E-state index contributed by atoms with van der Waals surface area (Å²) < 4.78 is 45.9. The number of hydrogen-bond acceptors (Lipinski definition) is 5. The molecule has 2 aromatic carbocycles. The first-order valence-corrected chi connectivity index (χ1v) is 9.64. The number of aryl methyl sites for hydroxylation is 1. The monoisotopic (exact) mass is 392 g/mol. The summed E-state index contributed by atoms with van der Waals surface area (Å²) in [5.41, 5.74) is 0.411. The Morgan fingerprint density at radius 1 is 1.26 bits per heavy atom. The summed E-state index contributed by atoms with van der Waals surface area (Å²) in [6, 6.07) is 7.54. The first-order valence-electron chi connectivity index (χ1n) is 8.16. The number of rotatable bonds is 4. The van der Waals surface area contributed by atoms with E-state index in [1.807, 2.05) is 4.72 Å². The van der Waals surface area contributed by atoms with Crippen LogP contribution in [0.5, 0.6) is 5.75 Å². The molecule has 0 radical (unpaired) electrons. The van der Waals surface area contributed by atoms with Gasteiger partial charge in [0.15, 0.2) is 6.10 Å². The number of amides is 2. The minimum absolute atomic E-state index is 0.123. The maximum absolute atomic E-state index is 13.6. The first-order chi connectivity index (χ1) is 12.7. The minimum atomic E-state index is -4.23. The normalized spacial score (nSPS) is 16.1. The number of nitrogens with one attached hydrogen (secondary N) is 2. The molecule has 142 valence electrons. The lowest BCUT2D eigenvalue weighted by molar-refractivity contribution is -0.123. The number of anilines is 1. The van der Waals surface area contributed by atoms with Gasteiger partial charge in [-0.2, -0.15) is 0 Å². The van der Waals surface area contributed by atoms with E-state index in [-0.39, 0.29) is 22.1 Å². The fraction of sp³-hybridized carbons (Fsp3) is 0.222. The van der Waals surface area contributed by atoms with E-state index in [1.165, 1.54) is 37.3 Å². The molecule has 1 aliphatic heterocycles. The van der Waals surface area contributed by atoms with Crippen LogP contribution in [0, 0.1) is 12.7 Å². The molecule has 1 heterocycles. The molecular weight excluding hydrogens is 375 g/mol. The number of hydrogen-bond donors (Lipinski definition) is 2. The highest BCUT2D eigenvalue weighted by atomic mass is 32.2. The van der Waals surface area contributed by atoms with Gasteiger partial charge in [0.1, 0.15) is 11.6 Å². The Labute approximate surface area is 155 Å². The van der Waals surface area contributed by atoms with Crippen molar-refractivity contribution in [2.24, 2.45) is 0 Å². The van der Waals surface area contributed by atoms with Gasteiger partial charge in [-0.1, -0.05) is 13.0 Å². The van der Waals surface area contributed by atoms with Crippen molar-refractivity contribution < 1.29 is 27.1 Å². The van der Waals surface area contributed by atoms with Crippen molar-refractivity contribution in [3.63, 3.8) is 0 Å². The van der Waals surface area contributed by atoms with E-state index in [0.717, 1.165) is 6.07 Å². The molecule has 1 aliphatic rings. The van der Waals surface area contributed by atoms with E-state index in [1.54, 1.807) is 6.92 Å². The van der Waals surface area contributed by atoms with Gasteiger partial charge < -0.3 is 10.1 Å². The SMILES string of the molecule is CC[C@@H]1Oc2ccc(S(=O)(=O)NC(=O)c3ccc(C)c(F)c3)cc2NC1=O. The predicted molar refractivity (Wildman–Crippen MR) is 95.6 cm³/mol. The van der Waals surface area contributed by atoms with E-state index < -0.39 is 27.9 Å². The Morgan fingerprint density at radius 3 is 2.67 bits per heavy atom. The minimum Gasteiger partial charge on any atom is -0.478 e. The lowest BCUT2D eigenvalue weighted by Gasteiger charge is -2.25. The van der Waals surface area contributed by atoms with Gasteiger partial charge in [-0.3, -0.25) is 9.59 Å². The van der Waals surface area contributed by atoms with Crippen molar-refractivity contribution in [3.8, 4) is 5.75 Å². The summed E-state index contributed by atoms with van der Waals surface area (Å²) >= 11 is 0. The maximum Gasteiger partial charge on any atom is 0.265 e. The quantitative estimate of drug-likeness (QED) is 0.832. The summed E-state index contributed by atoms with van der Waals surface area (Å²) in [7, 11) is -4.23.